The molecule has 11 nitrogen and oxygen atoms in total. The smallest absolute Gasteiger partial charge is 0.323 e. The first-order valence-corrected chi connectivity index (χ1v) is 13.7. The van der Waals surface area contributed by atoms with Crippen molar-refractivity contribution < 1.29 is 18.7 Å². The molecular weight excluding hydrogens is 551 g/mol. The van der Waals surface area contributed by atoms with Crippen molar-refractivity contribution in [2.45, 2.75) is 26.8 Å². The number of hydrazone groups is 1. The van der Waals surface area contributed by atoms with Crippen molar-refractivity contribution in [3.8, 4) is 11.5 Å². The van der Waals surface area contributed by atoms with E-state index in [1.807, 2.05) is 32.1 Å². The molecule has 4 N–H and O–H groups in total. The van der Waals surface area contributed by atoms with E-state index >= 15 is 4.39 Å². The Labute approximate surface area is 246 Å². The molecule has 0 fully saturated rings. The van der Waals surface area contributed by atoms with E-state index < -0.39 is 11.8 Å². The van der Waals surface area contributed by atoms with Gasteiger partial charge in [-0.1, -0.05) is 24.3 Å². The second kappa shape index (κ2) is 11.0. The molecule has 1 aromatic carbocycles. The van der Waals surface area contributed by atoms with Crippen LogP contribution in [0.5, 0.6) is 11.5 Å². The van der Waals surface area contributed by atoms with Gasteiger partial charge in [-0.3, -0.25) is 9.48 Å². The number of allylic oxidation sites excluding steroid dienone is 6. The number of carbonyl (C=O) groups excluding carboxylic acids is 2. The topological polar surface area (TPSA) is 135 Å². The average Bonchev–Trinajstić information content (AvgIpc) is 3.57. The third-order valence-corrected chi connectivity index (χ3v) is 7.14. The largest absolute Gasteiger partial charge is 0.457 e. The number of nitrogens with zero attached hydrogens (tertiary/aromatic N) is 4. The molecule has 3 amide bonds. The summed E-state index contributed by atoms with van der Waals surface area (Å²) in [5.41, 5.74) is 6.54. The van der Waals surface area contributed by atoms with Crippen LogP contribution in [0.3, 0.4) is 0 Å². The van der Waals surface area contributed by atoms with Gasteiger partial charge in [0.25, 0.3) is 0 Å². The van der Waals surface area contributed by atoms with Crippen LogP contribution in [0.15, 0.2) is 89.9 Å². The summed E-state index contributed by atoms with van der Waals surface area (Å²) in [6.45, 7) is 6.02. The van der Waals surface area contributed by atoms with Crippen LogP contribution in [0.25, 0.3) is 5.57 Å². The number of urea groups is 1. The Morgan fingerprint density at radius 2 is 1.88 bits per heavy atom. The highest BCUT2D eigenvalue weighted by atomic mass is 19.1. The minimum atomic E-state index is -0.693. The maximum Gasteiger partial charge on any atom is 0.323 e. The zero-order chi connectivity index (χ0) is 30.1. The Morgan fingerprint density at radius 3 is 2.67 bits per heavy atom. The van der Waals surface area contributed by atoms with Gasteiger partial charge in [0, 0.05) is 43.1 Å². The molecule has 0 saturated heterocycles. The number of aromatic nitrogens is 3. The molecule has 6 rings (SSSR count). The standard InChI is InChI=1S/C31H29FN8O3/c1-18(2)40-16-26(29(39-40)20-12-21-6-4-5-10-31(21)17-34-38-27(31)13-20)37-30(42)36-25-8-7-22(14-24(25)32)43-23-9-11-33-28(15-23)35-19(3)41/h4-16,18,34H,17H2,1-3H3,(H,33,35,41)(H2,36,37,42). The first-order valence-electron chi connectivity index (χ1n) is 13.7. The van der Waals surface area contributed by atoms with Gasteiger partial charge in [0.2, 0.25) is 5.91 Å². The molecule has 2 aromatic heterocycles. The molecule has 3 heterocycles. The number of ether oxygens (including phenoxy) is 1. The average molecular weight is 581 g/mol. The van der Waals surface area contributed by atoms with Gasteiger partial charge in [-0.25, -0.2) is 14.2 Å². The van der Waals surface area contributed by atoms with Crippen LogP contribution in [0.1, 0.15) is 32.5 Å². The number of pyridine rings is 1. The quantitative estimate of drug-likeness (QED) is 0.280. The number of halogens is 1. The molecule has 2 aliphatic carbocycles. The first-order chi connectivity index (χ1) is 20.7. The molecular formula is C31H29FN8O3. The van der Waals surface area contributed by atoms with E-state index in [0.29, 0.717) is 29.5 Å². The number of hydrogen-bond donors (Lipinski definition) is 4. The molecule has 0 saturated carbocycles. The normalized spacial score (nSPS) is 18.1. The zero-order valence-corrected chi connectivity index (χ0v) is 23.7. The fraction of sp³-hybridized carbons (Fsp3) is 0.194. The molecule has 43 heavy (non-hydrogen) atoms. The second-order valence-corrected chi connectivity index (χ2v) is 10.6. The summed E-state index contributed by atoms with van der Waals surface area (Å²) in [5, 5.41) is 17.2. The highest BCUT2D eigenvalue weighted by Gasteiger charge is 2.42. The molecule has 3 aliphatic rings. The van der Waals surface area contributed by atoms with Gasteiger partial charge in [-0.2, -0.15) is 10.2 Å². The van der Waals surface area contributed by atoms with Crippen molar-refractivity contribution in [3.05, 3.63) is 96.3 Å². The molecule has 1 atom stereocenters. The van der Waals surface area contributed by atoms with Crippen molar-refractivity contribution >= 4 is 40.4 Å². The fourth-order valence-electron chi connectivity index (χ4n) is 5.05. The van der Waals surface area contributed by atoms with Crippen LogP contribution >= 0.6 is 0 Å². The molecule has 0 radical (unpaired) electrons. The summed E-state index contributed by atoms with van der Waals surface area (Å²) >= 11 is 0. The lowest BCUT2D eigenvalue weighted by atomic mass is 9.70. The molecule has 12 heteroatoms. The minimum absolute atomic E-state index is 0.0365. The van der Waals surface area contributed by atoms with Gasteiger partial charge in [0.15, 0.2) is 0 Å². The van der Waals surface area contributed by atoms with E-state index in [2.05, 4.69) is 49.7 Å². The Kier molecular flexibility index (Phi) is 7.10. The van der Waals surface area contributed by atoms with Crippen molar-refractivity contribution in [2.24, 2.45) is 10.5 Å². The van der Waals surface area contributed by atoms with Crippen LogP contribution in [-0.2, 0) is 4.79 Å². The van der Waals surface area contributed by atoms with Crippen molar-refractivity contribution in [2.75, 3.05) is 22.5 Å². The van der Waals surface area contributed by atoms with Gasteiger partial charge in [0.05, 0.1) is 29.0 Å². The van der Waals surface area contributed by atoms with E-state index in [1.165, 1.54) is 31.3 Å². The van der Waals surface area contributed by atoms with Crippen molar-refractivity contribution in [3.63, 3.8) is 0 Å². The maximum absolute atomic E-state index is 15.0. The predicted molar refractivity (Wildman–Crippen MR) is 162 cm³/mol. The first kappa shape index (κ1) is 27.6. The summed E-state index contributed by atoms with van der Waals surface area (Å²) in [6, 6.07) is 6.58. The summed E-state index contributed by atoms with van der Waals surface area (Å²) in [7, 11) is 0. The highest BCUT2D eigenvalue weighted by molar-refractivity contribution is 6.13. The molecule has 1 aliphatic heterocycles. The Bertz CT molecular complexity index is 1780. The number of anilines is 3. The van der Waals surface area contributed by atoms with Crippen molar-refractivity contribution in [1.82, 2.24) is 20.2 Å². The fourth-order valence-corrected chi connectivity index (χ4v) is 5.05. The van der Waals surface area contributed by atoms with Crippen LogP contribution in [0, 0.1) is 11.2 Å². The molecule has 3 aromatic rings. The lowest BCUT2D eigenvalue weighted by Crippen LogP contribution is -2.34. The number of rotatable bonds is 7. The Morgan fingerprint density at radius 1 is 1.07 bits per heavy atom. The molecule has 0 bridgehead atoms. The van der Waals surface area contributed by atoms with E-state index in [0.717, 1.165) is 22.9 Å². The van der Waals surface area contributed by atoms with Crippen LogP contribution in [0.4, 0.5) is 26.4 Å². The molecule has 218 valence electrons. The number of benzene rings is 1. The number of nitrogens with one attached hydrogen (secondary N) is 4. The summed E-state index contributed by atoms with van der Waals surface area (Å²) in [4.78, 5) is 28.4. The lowest BCUT2D eigenvalue weighted by molar-refractivity contribution is -0.114. The van der Waals surface area contributed by atoms with Gasteiger partial charge in [-0.15, -0.1) is 0 Å². The molecule has 1 unspecified atom stereocenters. The van der Waals surface area contributed by atoms with Gasteiger partial charge in [0.1, 0.15) is 28.8 Å². The van der Waals surface area contributed by atoms with Crippen LogP contribution in [-0.4, -0.2) is 39.0 Å². The van der Waals surface area contributed by atoms with Gasteiger partial charge >= 0.3 is 6.03 Å². The van der Waals surface area contributed by atoms with Crippen molar-refractivity contribution in [1.29, 1.82) is 0 Å². The third kappa shape index (κ3) is 5.54. The Hall–Kier alpha value is -5.52. The van der Waals surface area contributed by atoms with Gasteiger partial charge in [-0.05, 0) is 49.8 Å². The van der Waals surface area contributed by atoms with E-state index in [4.69, 9.17) is 9.84 Å². The predicted octanol–water partition coefficient (Wildman–Crippen LogP) is 5.79. The zero-order valence-electron chi connectivity index (χ0n) is 23.7. The lowest BCUT2D eigenvalue weighted by Gasteiger charge is -2.32. The second-order valence-electron chi connectivity index (χ2n) is 10.6. The van der Waals surface area contributed by atoms with Crippen LogP contribution < -0.4 is 26.1 Å². The minimum Gasteiger partial charge on any atom is -0.457 e. The Balaban J connectivity index is 1.20. The van der Waals surface area contributed by atoms with Gasteiger partial charge < -0.3 is 26.1 Å². The van der Waals surface area contributed by atoms with E-state index in [9.17, 15) is 9.59 Å². The maximum atomic E-state index is 15.0. The van der Waals surface area contributed by atoms with E-state index in [-0.39, 0.29) is 28.8 Å². The highest BCUT2D eigenvalue weighted by Crippen LogP contribution is 2.43. The monoisotopic (exact) mass is 580 g/mol. The summed E-state index contributed by atoms with van der Waals surface area (Å²) in [5.74, 6) is -0.105. The number of amides is 3. The SMILES string of the molecule is CC(=O)Nc1cc(Oc2ccc(NC(=O)Nc3cn(C(C)C)nc3C3=CC4=NNCC45C=CC=CC5=C3)c(F)c2)ccn1. The summed E-state index contributed by atoms with van der Waals surface area (Å²) in [6.07, 6.45) is 15.4. The number of carbonyl (C=O) groups is 2. The summed E-state index contributed by atoms with van der Waals surface area (Å²) < 4.78 is 22.5. The number of hydrogen-bond acceptors (Lipinski definition) is 7. The van der Waals surface area contributed by atoms with Crippen LogP contribution in [0.2, 0.25) is 0 Å². The molecule has 1 spiro atoms. The van der Waals surface area contributed by atoms with E-state index in [1.54, 1.807) is 16.9 Å². The third-order valence-electron chi connectivity index (χ3n) is 7.14.